The number of aromatic nitrogens is 3. The molecule has 25 heavy (non-hydrogen) atoms. The standard InChI is InChI=1S/C15H9FN4.C5H10/c16-14-7-10(8-17)1-6-13(14)11-2-4-12(5-3-11)15-9-18-20-19-15;1-2-4-5-3-1/h1-7,9H,(H,18,19,20);1-5H2. The molecule has 1 aliphatic carbocycles. The number of hydrogen-bond acceptors (Lipinski definition) is 3. The fourth-order valence-electron chi connectivity index (χ4n) is 2.86. The van der Waals surface area contributed by atoms with Gasteiger partial charge in [0, 0.05) is 11.1 Å². The van der Waals surface area contributed by atoms with Gasteiger partial charge in [0.2, 0.25) is 0 Å². The molecule has 0 saturated heterocycles. The van der Waals surface area contributed by atoms with Crippen LogP contribution in [0.1, 0.15) is 37.7 Å². The number of nitrogens with zero attached hydrogens (tertiary/aromatic N) is 3. The molecular formula is C20H19FN4. The molecule has 0 radical (unpaired) electrons. The van der Waals surface area contributed by atoms with E-state index in [1.807, 2.05) is 30.3 Å². The lowest BCUT2D eigenvalue weighted by Crippen LogP contribution is -1.87. The van der Waals surface area contributed by atoms with Gasteiger partial charge < -0.3 is 0 Å². The number of benzene rings is 2. The predicted molar refractivity (Wildman–Crippen MR) is 95.0 cm³/mol. The minimum atomic E-state index is -0.404. The maximum Gasteiger partial charge on any atom is 0.132 e. The quantitative estimate of drug-likeness (QED) is 0.709. The van der Waals surface area contributed by atoms with Gasteiger partial charge >= 0.3 is 0 Å². The highest BCUT2D eigenvalue weighted by Gasteiger charge is 2.07. The highest BCUT2D eigenvalue weighted by atomic mass is 19.1. The second kappa shape index (κ2) is 8.20. The summed E-state index contributed by atoms with van der Waals surface area (Å²) in [6.45, 7) is 0. The topological polar surface area (TPSA) is 65.4 Å². The molecule has 0 atom stereocenters. The Kier molecular flexibility index (Phi) is 5.53. The summed E-state index contributed by atoms with van der Waals surface area (Å²) in [6, 6.07) is 13.7. The normalized spacial score (nSPS) is 13.0. The van der Waals surface area contributed by atoms with E-state index >= 15 is 0 Å². The van der Waals surface area contributed by atoms with E-state index in [4.69, 9.17) is 5.26 Å². The molecule has 0 spiro atoms. The van der Waals surface area contributed by atoms with Gasteiger partial charge in [0.25, 0.3) is 0 Å². The zero-order valence-electron chi connectivity index (χ0n) is 13.9. The van der Waals surface area contributed by atoms with Gasteiger partial charge in [-0.15, -0.1) is 0 Å². The number of nitriles is 1. The van der Waals surface area contributed by atoms with Crippen LogP contribution in [-0.4, -0.2) is 15.4 Å². The number of halogens is 1. The van der Waals surface area contributed by atoms with Crippen LogP contribution in [0.2, 0.25) is 0 Å². The fourth-order valence-corrected chi connectivity index (χ4v) is 2.86. The van der Waals surface area contributed by atoms with Crippen molar-refractivity contribution in [1.82, 2.24) is 15.4 Å². The van der Waals surface area contributed by atoms with Crippen molar-refractivity contribution < 1.29 is 4.39 Å². The lowest BCUT2D eigenvalue weighted by atomic mass is 10.0. The van der Waals surface area contributed by atoms with Crippen molar-refractivity contribution in [2.75, 3.05) is 0 Å². The highest BCUT2D eigenvalue weighted by Crippen LogP contribution is 2.26. The molecule has 1 aromatic heterocycles. The number of hydrogen-bond donors (Lipinski definition) is 1. The van der Waals surface area contributed by atoms with E-state index in [-0.39, 0.29) is 0 Å². The van der Waals surface area contributed by atoms with Crippen molar-refractivity contribution in [3.05, 3.63) is 60.0 Å². The van der Waals surface area contributed by atoms with Gasteiger partial charge in [0.1, 0.15) is 11.5 Å². The van der Waals surface area contributed by atoms with E-state index in [1.54, 1.807) is 18.3 Å². The van der Waals surface area contributed by atoms with Crippen LogP contribution in [0.15, 0.2) is 48.7 Å². The Bertz CT molecular complexity index is 837. The molecular weight excluding hydrogens is 315 g/mol. The van der Waals surface area contributed by atoms with Crippen LogP contribution in [-0.2, 0) is 0 Å². The van der Waals surface area contributed by atoms with Gasteiger partial charge in [-0.1, -0.05) is 62.4 Å². The van der Waals surface area contributed by atoms with Crippen molar-refractivity contribution >= 4 is 0 Å². The van der Waals surface area contributed by atoms with E-state index < -0.39 is 5.82 Å². The van der Waals surface area contributed by atoms with Crippen LogP contribution in [0.3, 0.4) is 0 Å². The summed E-state index contributed by atoms with van der Waals surface area (Å²) in [4.78, 5) is 0. The molecule has 1 saturated carbocycles. The van der Waals surface area contributed by atoms with Gasteiger partial charge in [-0.2, -0.15) is 20.7 Å². The summed E-state index contributed by atoms with van der Waals surface area (Å²) in [5.74, 6) is -0.404. The molecule has 3 aromatic rings. The van der Waals surface area contributed by atoms with Crippen molar-refractivity contribution in [1.29, 1.82) is 5.26 Å². The number of rotatable bonds is 2. The Morgan fingerprint density at radius 2 is 1.56 bits per heavy atom. The molecule has 4 nitrogen and oxygen atoms in total. The molecule has 2 aromatic carbocycles. The summed E-state index contributed by atoms with van der Waals surface area (Å²) >= 11 is 0. The summed E-state index contributed by atoms with van der Waals surface area (Å²) in [6.07, 6.45) is 9.12. The zero-order chi connectivity index (χ0) is 17.5. The Morgan fingerprint density at radius 3 is 2.08 bits per heavy atom. The maximum absolute atomic E-state index is 13.9. The largest absolute Gasteiger partial charge is 0.206 e. The minimum absolute atomic E-state index is 0.311. The Balaban J connectivity index is 0.000000314. The van der Waals surface area contributed by atoms with Crippen LogP contribution in [0.25, 0.3) is 22.4 Å². The molecule has 1 aliphatic rings. The Labute approximate surface area is 146 Å². The van der Waals surface area contributed by atoms with Crippen LogP contribution < -0.4 is 0 Å². The monoisotopic (exact) mass is 334 g/mol. The van der Waals surface area contributed by atoms with Gasteiger partial charge in [-0.3, -0.25) is 0 Å². The first kappa shape index (κ1) is 16.8. The third kappa shape index (κ3) is 4.30. The van der Waals surface area contributed by atoms with E-state index in [0.717, 1.165) is 16.8 Å². The maximum atomic E-state index is 13.9. The third-order valence-corrected chi connectivity index (χ3v) is 4.25. The molecule has 0 amide bonds. The fraction of sp³-hybridized carbons (Fsp3) is 0.250. The predicted octanol–water partition coefficient (Wildman–Crippen LogP) is 5.10. The van der Waals surface area contributed by atoms with Crippen LogP contribution in [0.5, 0.6) is 0 Å². The number of nitrogens with one attached hydrogen (secondary N) is 1. The van der Waals surface area contributed by atoms with Gasteiger partial charge in [-0.05, 0) is 17.7 Å². The number of aromatic amines is 1. The summed E-state index contributed by atoms with van der Waals surface area (Å²) in [5.41, 5.74) is 3.16. The van der Waals surface area contributed by atoms with Crippen LogP contribution in [0, 0.1) is 17.1 Å². The van der Waals surface area contributed by atoms with Gasteiger partial charge in [0.05, 0.1) is 17.8 Å². The van der Waals surface area contributed by atoms with Crippen molar-refractivity contribution in [3.63, 3.8) is 0 Å². The van der Waals surface area contributed by atoms with E-state index in [2.05, 4.69) is 15.4 Å². The molecule has 0 unspecified atom stereocenters. The first-order valence-corrected chi connectivity index (χ1v) is 8.44. The smallest absolute Gasteiger partial charge is 0.132 e. The van der Waals surface area contributed by atoms with Crippen molar-refractivity contribution in [2.45, 2.75) is 32.1 Å². The molecule has 1 heterocycles. The minimum Gasteiger partial charge on any atom is -0.206 e. The summed E-state index contributed by atoms with van der Waals surface area (Å²) in [7, 11) is 0. The van der Waals surface area contributed by atoms with Crippen molar-refractivity contribution in [2.24, 2.45) is 0 Å². The molecule has 0 aliphatic heterocycles. The lowest BCUT2D eigenvalue weighted by Gasteiger charge is -2.04. The molecule has 1 fully saturated rings. The SMILES string of the molecule is C1CCCC1.N#Cc1ccc(-c2ccc(-c3cn[nH]n3)cc2)c(F)c1. The summed E-state index contributed by atoms with van der Waals surface area (Å²) in [5, 5.41) is 19.0. The number of H-pyrrole nitrogens is 1. The molecule has 0 bridgehead atoms. The first-order chi connectivity index (χ1) is 12.3. The van der Waals surface area contributed by atoms with Gasteiger partial charge in [-0.25, -0.2) is 4.39 Å². The lowest BCUT2D eigenvalue weighted by molar-refractivity contribution is 0.631. The van der Waals surface area contributed by atoms with E-state index in [0.29, 0.717) is 11.1 Å². The highest BCUT2D eigenvalue weighted by molar-refractivity contribution is 5.69. The second-order valence-electron chi connectivity index (χ2n) is 6.01. The van der Waals surface area contributed by atoms with E-state index in [9.17, 15) is 4.39 Å². The Morgan fingerprint density at radius 1 is 0.920 bits per heavy atom. The van der Waals surface area contributed by atoms with Gasteiger partial charge in [0.15, 0.2) is 0 Å². The Hall–Kier alpha value is -3.00. The first-order valence-electron chi connectivity index (χ1n) is 8.44. The van der Waals surface area contributed by atoms with Crippen LogP contribution >= 0.6 is 0 Å². The molecule has 126 valence electrons. The average molecular weight is 334 g/mol. The molecule has 4 rings (SSSR count). The molecule has 1 N–H and O–H groups in total. The second-order valence-corrected chi connectivity index (χ2v) is 6.01. The summed E-state index contributed by atoms with van der Waals surface area (Å²) < 4.78 is 13.9. The zero-order valence-corrected chi connectivity index (χ0v) is 13.9. The third-order valence-electron chi connectivity index (χ3n) is 4.25. The molecule has 5 heteroatoms. The van der Waals surface area contributed by atoms with E-state index in [1.165, 1.54) is 38.2 Å². The average Bonchev–Trinajstić information content (AvgIpc) is 3.38. The van der Waals surface area contributed by atoms with Crippen molar-refractivity contribution in [3.8, 4) is 28.5 Å². The van der Waals surface area contributed by atoms with Crippen LogP contribution in [0.4, 0.5) is 4.39 Å².